The number of halogens is 2. The van der Waals surface area contributed by atoms with Crippen LogP contribution in [0.15, 0.2) is 0 Å². The molecule has 0 aromatic rings. The molecule has 2 rings (SSSR count). The molecule has 98 valence electrons. The molecule has 2 aliphatic rings. The van der Waals surface area contributed by atoms with E-state index in [9.17, 15) is 0 Å². The molecule has 0 nitrogen and oxygen atoms in total. The van der Waals surface area contributed by atoms with Crippen molar-refractivity contribution in [1.82, 2.24) is 0 Å². The van der Waals surface area contributed by atoms with Gasteiger partial charge in [0, 0.05) is 0 Å². The second-order valence-corrected chi connectivity index (χ2v) is 11.4. The van der Waals surface area contributed by atoms with Gasteiger partial charge in [-0.25, -0.2) is 0 Å². The molecule has 2 saturated carbocycles. The molecule has 4 heteroatoms. The molecule has 0 amide bonds. The van der Waals surface area contributed by atoms with Crippen molar-refractivity contribution in [3.8, 4) is 0 Å². The zero-order chi connectivity index (χ0) is 14.2. The fraction of sp³-hybridized carbons (Fsp3) is 0.286. The van der Waals surface area contributed by atoms with E-state index in [2.05, 4.69) is 37.1 Å². The van der Waals surface area contributed by atoms with Crippen molar-refractivity contribution in [1.29, 1.82) is 0 Å². The first-order valence-corrected chi connectivity index (χ1v) is 15.6. The van der Waals surface area contributed by atoms with E-state index >= 15 is 0 Å². The first-order chi connectivity index (χ1) is 8.54. The Morgan fingerprint density at radius 3 is 1.11 bits per heavy atom. The van der Waals surface area contributed by atoms with Crippen molar-refractivity contribution < 1.29 is 20.8 Å². The summed E-state index contributed by atoms with van der Waals surface area (Å²) in [6.07, 6.45) is 18.2. The third-order valence-electron chi connectivity index (χ3n) is 1.38. The Kier molecular flexibility index (Phi) is 23.5. The molecule has 0 aromatic heterocycles. The molecule has 0 spiro atoms. The molecule has 18 heavy (non-hydrogen) atoms. The van der Waals surface area contributed by atoms with Gasteiger partial charge in [0.15, 0.2) is 0 Å². The van der Waals surface area contributed by atoms with Crippen molar-refractivity contribution in [3.05, 3.63) is 63.7 Å². The van der Waals surface area contributed by atoms with E-state index in [-0.39, 0.29) is 14.1 Å². The molecule has 0 aliphatic heterocycles. The molecular weight excluding hydrogens is 357 g/mol. The van der Waals surface area contributed by atoms with E-state index in [1.165, 1.54) is 5.92 Å². The van der Waals surface area contributed by atoms with Crippen LogP contribution in [0.3, 0.4) is 0 Å². The van der Waals surface area contributed by atoms with Crippen LogP contribution >= 0.6 is 17.0 Å². The Bertz CT molecular complexity index is 125. The van der Waals surface area contributed by atoms with Crippen LogP contribution in [0.2, 0.25) is 17.4 Å². The van der Waals surface area contributed by atoms with Crippen LogP contribution in [0.1, 0.15) is 6.92 Å². The molecule has 0 saturated heterocycles. The molecule has 0 heterocycles. The van der Waals surface area contributed by atoms with Crippen molar-refractivity contribution in [2.75, 3.05) is 0 Å². The fourth-order valence-electron chi connectivity index (χ4n) is 0.791. The molecule has 0 N–H and O–H groups in total. The van der Waals surface area contributed by atoms with Gasteiger partial charge in [-0.15, -0.1) is 17.4 Å². The maximum absolute atomic E-state index is 4.93. The zero-order valence-corrected chi connectivity index (χ0v) is 16.7. The van der Waals surface area contributed by atoms with Crippen LogP contribution in [0.25, 0.3) is 0 Å². The van der Waals surface area contributed by atoms with E-state index < -0.39 is 20.8 Å². The van der Waals surface area contributed by atoms with Crippen molar-refractivity contribution in [2.24, 2.45) is 0 Å². The van der Waals surface area contributed by atoms with Crippen molar-refractivity contribution in [3.63, 3.8) is 0 Å². The van der Waals surface area contributed by atoms with Crippen LogP contribution < -0.4 is 0 Å². The Hall–Kier alpha value is 2.00. The van der Waals surface area contributed by atoms with Crippen LogP contribution in [0.4, 0.5) is 0 Å². The summed E-state index contributed by atoms with van der Waals surface area (Å²) >= 11 is -0.964. The van der Waals surface area contributed by atoms with Gasteiger partial charge in [0.05, 0.1) is 0 Å². The average molecular weight is 378 g/mol. The summed E-state index contributed by atoms with van der Waals surface area (Å²) in [6.45, 7) is 2.08. The van der Waals surface area contributed by atoms with E-state index in [1.807, 2.05) is 44.9 Å². The average Bonchev–Trinajstić information content (AvgIpc) is 2.91. The van der Waals surface area contributed by atoms with Gasteiger partial charge in [-0.1, -0.05) is 6.92 Å². The minimum absolute atomic E-state index is 0.139. The summed E-state index contributed by atoms with van der Waals surface area (Å²) in [5.41, 5.74) is 0. The quantitative estimate of drug-likeness (QED) is 0.510. The summed E-state index contributed by atoms with van der Waals surface area (Å²) in [7, 11) is 9.87. The fourth-order valence-corrected chi connectivity index (χ4v) is 0.791. The summed E-state index contributed by atoms with van der Waals surface area (Å²) in [4.78, 5) is 0. The normalized spacial score (nSPS) is 17.4. The van der Waals surface area contributed by atoms with Gasteiger partial charge in [-0.05, 0) is 63.7 Å². The summed E-state index contributed by atoms with van der Waals surface area (Å²) < 4.78 is 0. The second-order valence-electron chi connectivity index (χ2n) is 4.23. The summed E-state index contributed by atoms with van der Waals surface area (Å²) in [5, 5.41) is 0. The van der Waals surface area contributed by atoms with Gasteiger partial charge in [0.25, 0.3) is 14.1 Å². The van der Waals surface area contributed by atoms with Gasteiger partial charge in [-0.2, -0.15) is 0 Å². The molecule has 10 radical (unpaired) electrons. The Morgan fingerprint density at radius 1 is 0.778 bits per heavy atom. The van der Waals surface area contributed by atoms with E-state index in [4.69, 9.17) is 17.0 Å². The molecular formula is C14H21AlCl2Zr. The number of hydrogen-bond donors (Lipinski definition) is 0. The first-order valence-electron chi connectivity index (χ1n) is 5.85. The second kappa shape index (κ2) is 19.0. The predicted octanol–water partition coefficient (Wildman–Crippen LogP) is 5.18. The molecule has 2 fully saturated rings. The van der Waals surface area contributed by atoms with E-state index in [1.54, 1.807) is 0 Å². The van der Waals surface area contributed by atoms with Crippen LogP contribution in [0.5, 0.6) is 0 Å². The number of rotatable bonds is 0. The van der Waals surface area contributed by atoms with E-state index in [0.717, 1.165) is 0 Å². The van der Waals surface area contributed by atoms with Crippen molar-refractivity contribution >= 4 is 31.2 Å². The van der Waals surface area contributed by atoms with Crippen LogP contribution in [-0.2, 0) is 20.8 Å². The Morgan fingerprint density at radius 2 is 1.00 bits per heavy atom. The standard InChI is InChI=1S/C6H7.C5H5.3CH3.Al.2ClH.Zr/c1-6-4-2-3-5-6;1-2-4-5-3-1;;;;;;;/h2-5H,1H3;1-5H;3*1H3;;2*1H;/q;;;;;;;;+2/p-2. The number of hydrogen-bond acceptors (Lipinski definition) is 0. The van der Waals surface area contributed by atoms with Gasteiger partial charge in [0.2, 0.25) is 0 Å². The molecule has 2 aliphatic carbocycles. The molecule has 0 unspecified atom stereocenters. The van der Waals surface area contributed by atoms with Gasteiger partial charge in [-0.3, -0.25) is 0 Å². The van der Waals surface area contributed by atoms with Gasteiger partial charge < -0.3 is 0 Å². The first kappa shape index (κ1) is 22.3. The summed E-state index contributed by atoms with van der Waals surface area (Å²) in [5.74, 6) is 8.26. The molecule has 0 bridgehead atoms. The zero-order valence-electron chi connectivity index (χ0n) is 11.5. The van der Waals surface area contributed by atoms with Crippen molar-refractivity contribution in [2.45, 2.75) is 24.3 Å². The third kappa shape index (κ3) is 26.5. The van der Waals surface area contributed by atoms with Crippen LogP contribution in [-0.4, -0.2) is 14.1 Å². The molecule has 0 atom stereocenters. The maximum atomic E-state index is 4.93. The van der Waals surface area contributed by atoms with E-state index in [0.29, 0.717) is 0 Å². The third-order valence-corrected chi connectivity index (χ3v) is 1.38. The van der Waals surface area contributed by atoms with Gasteiger partial charge in [0.1, 0.15) is 0 Å². The summed E-state index contributed by atoms with van der Waals surface area (Å²) in [6, 6.07) is 0. The van der Waals surface area contributed by atoms with Crippen LogP contribution in [0, 0.1) is 63.7 Å². The Balaban J connectivity index is 0. The minimum atomic E-state index is -0.826. The monoisotopic (exact) mass is 376 g/mol. The molecule has 0 aromatic carbocycles. The predicted molar refractivity (Wildman–Crippen MR) is 82.7 cm³/mol. The topological polar surface area (TPSA) is 0 Å². The van der Waals surface area contributed by atoms with Gasteiger partial charge >= 0.3 is 37.9 Å². The SMILES string of the molecule is C[C]1[CH][CH][CH][CH]1.[CH3][Al]([CH3])[CH3].[CH]1[CH][CH][CH][CH]1.[Cl][Zr][Cl]. The Labute approximate surface area is 139 Å².